The molecule has 4 heteroatoms. The molecular formula is C12H10N4. The van der Waals surface area contributed by atoms with E-state index in [9.17, 15) is 0 Å². The van der Waals surface area contributed by atoms with Crippen molar-refractivity contribution in [3.05, 3.63) is 61.4 Å². The molecule has 16 heavy (non-hydrogen) atoms. The minimum absolute atomic E-state index is 0.838. The van der Waals surface area contributed by atoms with E-state index in [4.69, 9.17) is 0 Å². The molecular weight excluding hydrogens is 200 g/mol. The first kappa shape index (κ1) is 10.2. The average Bonchev–Trinajstić information content (AvgIpc) is 2.42. The third kappa shape index (κ3) is 2.81. The van der Waals surface area contributed by atoms with E-state index in [1.807, 2.05) is 30.3 Å². The summed E-state index contributed by atoms with van der Waals surface area (Å²) in [7, 11) is 0. The highest BCUT2D eigenvalue weighted by molar-refractivity contribution is 5.71. The lowest BCUT2D eigenvalue weighted by atomic mass is 10.4. The number of hydrogen-bond donors (Lipinski definition) is 0. The molecule has 0 N–H and O–H groups in total. The Hall–Kier alpha value is -2.36. The largest absolute Gasteiger partial charge is 0.265 e. The van der Waals surface area contributed by atoms with Crippen LogP contribution in [0.2, 0.25) is 0 Å². The summed E-state index contributed by atoms with van der Waals surface area (Å²) in [4.78, 5) is 15.7. The molecule has 0 atom stereocenters. The summed E-state index contributed by atoms with van der Waals surface area (Å²) in [6.45, 7) is 0. The summed E-state index contributed by atoms with van der Waals surface area (Å²) in [6.07, 6.45) is 8.44. The third-order valence-electron chi connectivity index (χ3n) is 1.84. The second-order valence-electron chi connectivity index (χ2n) is 2.96. The Morgan fingerprint density at radius 1 is 0.688 bits per heavy atom. The van der Waals surface area contributed by atoms with Gasteiger partial charge in [0.25, 0.3) is 0 Å². The van der Waals surface area contributed by atoms with Gasteiger partial charge in [0.15, 0.2) is 0 Å². The van der Waals surface area contributed by atoms with Gasteiger partial charge in [-0.05, 0) is 24.3 Å². The molecule has 3 rings (SSSR count). The molecule has 0 saturated heterocycles. The van der Waals surface area contributed by atoms with Gasteiger partial charge in [-0.2, -0.15) is 0 Å². The standard InChI is InChI=1S/C7H5N3.C5H5N/c1-2-6-7(9-3-1)4-8-5-10-6;1-2-4-6-5-3-1/h1-5H;1-5H. The van der Waals surface area contributed by atoms with Crippen molar-refractivity contribution in [3.63, 3.8) is 0 Å². The zero-order valence-electron chi connectivity index (χ0n) is 8.56. The van der Waals surface area contributed by atoms with E-state index in [1.54, 1.807) is 24.8 Å². The number of fused-ring (bicyclic) bond motifs is 1. The molecule has 0 aliphatic carbocycles. The minimum atomic E-state index is 0.838. The first-order valence-corrected chi connectivity index (χ1v) is 4.82. The fourth-order valence-electron chi connectivity index (χ4n) is 1.13. The SMILES string of the molecule is c1ccncc1.c1cnc2cncnc2c1. The third-order valence-corrected chi connectivity index (χ3v) is 1.84. The van der Waals surface area contributed by atoms with Crippen LogP contribution in [0.25, 0.3) is 11.0 Å². The lowest BCUT2D eigenvalue weighted by Gasteiger charge is -1.89. The molecule has 0 unspecified atom stereocenters. The van der Waals surface area contributed by atoms with Crippen LogP contribution in [0.3, 0.4) is 0 Å². The second-order valence-corrected chi connectivity index (χ2v) is 2.96. The molecule has 78 valence electrons. The maximum atomic E-state index is 4.06. The molecule has 0 bridgehead atoms. The van der Waals surface area contributed by atoms with Crippen molar-refractivity contribution in [2.45, 2.75) is 0 Å². The first-order chi connectivity index (χ1) is 7.97. The van der Waals surface area contributed by atoms with Crippen molar-refractivity contribution in [2.24, 2.45) is 0 Å². The van der Waals surface area contributed by atoms with Crippen LogP contribution in [-0.4, -0.2) is 19.9 Å². The average molecular weight is 210 g/mol. The van der Waals surface area contributed by atoms with Crippen LogP contribution in [-0.2, 0) is 0 Å². The van der Waals surface area contributed by atoms with Gasteiger partial charge >= 0.3 is 0 Å². The summed E-state index contributed by atoms with van der Waals surface area (Å²) in [5.41, 5.74) is 1.72. The van der Waals surface area contributed by atoms with Gasteiger partial charge in [0.2, 0.25) is 0 Å². The number of hydrogen-bond acceptors (Lipinski definition) is 4. The monoisotopic (exact) mass is 210 g/mol. The van der Waals surface area contributed by atoms with Gasteiger partial charge < -0.3 is 0 Å². The fourth-order valence-corrected chi connectivity index (χ4v) is 1.13. The van der Waals surface area contributed by atoms with E-state index in [2.05, 4.69) is 19.9 Å². The van der Waals surface area contributed by atoms with Crippen LogP contribution in [0.15, 0.2) is 61.4 Å². The molecule has 0 radical (unpaired) electrons. The molecule has 0 aliphatic heterocycles. The summed E-state index contributed by atoms with van der Waals surface area (Å²) in [6, 6.07) is 9.48. The molecule has 3 aromatic rings. The summed E-state index contributed by atoms with van der Waals surface area (Å²) in [5.74, 6) is 0. The minimum Gasteiger partial charge on any atom is -0.265 e. The van der Waals surface area contributed by atoms with Crippen molar-refractivity contribution in [1.82, 2.24) is 19.9 Å². The normalized spacial score (nSPS) is 9.25. The van der Waals surface area contributed by atoms with Gasteiger partial charge in [0, 0.05) is 18.6 Å². The van der Waals surface area contributed by atoms with Crippen molar-refractivity contribution >= 4 is 11.0 Å². The van der Waals surface area contributed by atoms with Crippen LogP contribution in [0.4, 0.5) is 0 Å². The van der Waals surface area contributed by atoms with Crippen LogP contribution in [0, 0.1) is 0 Å². The van der Waals surface area contributed by atoms with E-state index in [0.29, 0.717) is 0 Å². The lowest BCUT2D eigenvalue weighted by molar-refractivity contribution is 1.20. The van der Waals surface area contributed by atoms with Gasteiger partial charge in [-0.1, -0.05) is 6.07 Å². The Labute approximate surface area is 93.1 Å². The highest BCUT2D eigenvalue weighted by atomic mass is 14.8. The quantitative estimate of drug-likeness (QED) is 0.570. The van der Waals surface area contributed by atoms with Gasteiger partial charge in [0.1, 0.15) is 11.8 Å². The van der Waals surface area contributed by atoms with E-state index < -0.39 is 0 Å². The van der Waals surface area contributed by atoms with Crippen LogP contribution < -0.4 is 0 Å². The molecule has 0 aromatic carbocycles. The lowest BCUT2D eigenvalue weighted by Crippen LogP contribution is -1.81. The van der Waals surface area contributed by atoms with E-state index in [1.165, 1.54) is 6.33 Å². The number of rotatable bonds is 0. The first-order valence-electron chi connectivity index (χ1n) is 4.82. The number of nitrogens with zero attached hydrogens (tertiary/aromatic N) is 4. The van der Waals surface area contributed by atoms with Gasteiger partial charge in [-0.15, -0.1) is 0 Å². The van der Waals surface area contributed by atoms with Crippen molar-refractivity contribution in [3.8, 4) is 0 Å². The van der Waals surface area contributed by atoms with Gasteiger partial charge in [0.05, 0.1) is 11.7 Å². The van der Waals surface area contributed by atoms with Crippen molar-refractivity contribution in [1.29, 1.82) is 0 Å². The Bertz CT molecular complexity index is 447. The summed E-state index contributed by atoms with van der Waals surface area (Å²) >= 11 is 0. The predicted octanol–water partition coefficient (Wildman–Crippen LogP) is 2.11. The van der Waals surface area contributed by atoms with E-state index >= 15 is 0 Å². The number of aromatic nitrogens is 4. The molecule has 0 fully saturated rings. The topological polar surface area (TPSA) is 51.6 Å². The fraction of sp³-hybridized carbons (Fsp3) is 0. The van der Waals surface area contributed by atoms with Crippen molar-refractivity contribution in [2.75, 3.05) is 0 Å². The number of pyridine rings is 2. The Balaban J connectivity index is 0.000000138. The predicted molar refractivity (Wildman–Crippen MR) is 61.6 cm³/mol. The molecule has 3 aromatic heterocycles. The molecule has 3 heterocycles. The summed E-state index contributed by atoms with van der Waals surface area (Å²) in [5, 5.41) is 0. The second kappa shape index (κ2) is 5.50. The van der Waals surface area contributed by atoms with Crippen LogP contribution in [0.1, 0.15) is 0 Å². The Morgan fingerprint density at radius 3 is 2.19 bits per heavy atom. The van der Waals surface area contributed by atoms with Gasteiger partial charge in [-0.3, -0.25) is 9.97 Å². The van der Waals surface area contributed by atoms with E-state index in [0.717, 1.165) is 11.0 Å². The van der Waals surface area contributed by atoms with Crippen LogP contribution >= 0.6 is 0 Å². The molecule has 0 amide bonds. The van der Waals surface area contributed by atoms with Gasteiger partial charge in [-0.25, -0.2) is 9.97 Å². The van der Waals surface area contributed by atoms with Crippen LogP contribution in [0.5, 0.6) is 0 Å². The maximum absolute atomic E-state index is 4.06. The maximum Gasteiger partial charge on any atom is 0.116 e. The zero-order chi connectivity index (χ0) is 11.1. The highest BCUT2D eigenvalue weighted by Crippen LogP contribution is 2.02. The summed E-state index contributed by atoms with van der Waals surface area (Å²) < 4.78 is 0. The zero-order valence-corrected chi connectivity index (χ0v) is 8.56. The molecule has 0 saturated carbocycles. The highest BCUT2D eigenvalue weighted by Gasteiger charge is 1.89. The molecule has 4 nitrogen and oxygen atoms in total. The molecule has 0 spiro atoms. The smallest absolute Gasteiger partial charge is 0.116 e. The Kier molecular flexibility index (Phi) is 3.50. The van der Waals surface area contributed by atoms with Crippen molar-refractivity contribution < 1.29 is 0 Å². The molecule has 0 aliphatic rings. The Morgan fingerprint density at radius 2 is 1.56 bits per heavy atom. The van der Waals surface area contributed by atoms with E-state index in [-0.39, 0.29) is 0 Å².